The van der Waals surface area contributed by atoms with Gasteiger partial charge in [0.1, 0.15) is 11.6 Å². The Labute approximate surface area is 233 Å². The van der Waals surface area contributed by atoms with Crippen LogP contribution in [0.3, 0.4) is 0 Å². The van der Waals surface area contributed by atoms with Crippen LogP contribution in [0.2, 0.25) is 0 Å². The number of rotatable bonds is 6. The van der Waals surface area contributed by atoms with Crippen LogP contribution in [-0.4, -0.2) is 27.6 Å². The summed E-state index contributed by atoms with van der Waals surface area (Å²) in [4.78, 5) is 27.4. The lowest BCUT2D eigenvalue weighted by Gasteiger charge is -2.38. The molecule has 198 valence electrons. The third-order valence-electron chi connectivity index (χ3n) is 6.79. The van der Waals surface area contributed by atoms with Gasteiger partial charge in [0.25, 0.3) is 0 Å². The van der Waals surface area contributed by atoms with Crippen molar-refractivity contribution in [2.45, 2.75) is 43.4 Å². The molecule has 0 radical (unpaired) electrons. The summed E-state index contributed by atoms with van der Waals surface area (Å²) in [5.41, 5.74) is 10.6. The number of nitriles is 1. The monoisotopic (exact) mass is 560 g/mol. The molecule has 5 rings (SSSR count). The number of halogens is 1. The molecule has 0 spiro atoms. The number of anilines is 2. The lowest BCUT2D eigenvalue weighted by Crippen LogP contribution is -2.38. The van der Waals surface area contributed by atoms with E-state index in [0.717, 1.165) is 16.8 Å². The van der Waals surface area contributed by atoms with E-state index in [9.17, 15) is 19.2 Å². The average Bonchev–Trinajstić information content (AvgIpc) is 3.38. The van der Waals surface area contributed by atoms with Gasteiger partial charge in [-0.25, -0.2) is 4.39 Å². The molecule has 1 atom stereocenters. The zero-order valence-corrected chi connectivity index (χ0v) is 23.0. The SMILES string of the molecule is Cc1cccc(C)c1NC(=O)CSc1nnc(N2C(N)=C(C#N)C(c3ccccc3F)C3=C2CCCC3=O)s1. The zero-order chi connectivity index (χ0) is 27.7. The number of nitrogens with zero attached hydrogens (tertiary/aromatic N) is 4. The van der Waals surface area contributed by atoms with Crippen molar-refractivity contribution >= 4 is 45.6 Å². The molecular formula is C28H25FN6O2S2. The van der Waals surface area contributed by atoms with Crippen LogP contribution in [0.25, 0.3) is 0 Å². The fourth-order valence-electron chi connectivity index (χ4n) is 4.99. The second-order valence-electron chi connectivity index (χ2n) is 9.29. The second kappa shape index (κ2) is 11.0. The highest BCUT2D eigenvalue weighted by atomic mass is 32.2. The van der Waals surface area contributed by atoms with Crippen LogP contribution in [0, 0.1) is 31.0 Å². The fraction of sp³-hybridized carbons (Fsp3) is 0.250. The molecule has 0 saturated heterocycles. The van der Waals surface area contributed by atoms with E-state index in [1.54, 1.807) is 23.1 Å². The molecule has 8 nitrogen and oxygen atoms in total. The number of para-hydroxylation sites is 1. The van der Waals surface area contributed by atoms with Crippen molar-refractivity contribution in [2.24, 2.45) is 5.73 Å². The molecule has 39 heavy (non-hydrogen) atoms. The lowest BCUT2D eigenvalue weighted by molar-refractivity contribution is -0.116. The standard InChI is InChI=1S/C28H25FN6O2S2/c1-15-7-5-8-16(2)25(15)32-22(37)14-38-28-34-33-27(39-28)35-20-11-6-12-21(36)24(20)23(18(13-30)26(35)31)17-9-3-4-10-19(17)29/h3-5,7-10,23H,6,11-12,14,31H2,1-2H3,(H,32,37). The highest BCUT2D eigenvalue weighted by molar-refractivity contribution is 8.01. The molecule has 3 N–H and O–H groups in total. The number of benzene rings is 2. The second-order valence-corrected chi connectivity index (χ2v) is 11.5. The van der Waals surface area contributed by atoms with Crippen molar-refractivity contribution in [3.05, 3.63) is 87.6 Å². The van der Waals surface area contributed by atoms with Crippen molar-refractivity contribution in [1.82, 2.24) is 10.2 Å². The van der Waals surface area contributed by atoms with Gasteiger partial charge in [-0.1, -0.05) is 59.5 Å². The largest absolute Gasteiger partial charge is 0.384 e. The summed E-state index contributed by atoms with van der Waals surface area (Å²) in [6.07, 6.45) is 1.43. The number of Topliss-reactive ketones (excluding diaryl/α,β-unsaturated/α-hetero) is 1. The normalized spacial score (nSPS) is 17.2. The molecule has 0 bridgehead atoms. The number of thioether (sulfide) groups is 1. The molecule has 0 fully saturated rings. The molecular weight excluding hydrogens is 535 g/mol. The summed E-state index contributed by atoms with van der Waals surface area (Å²) in [5, 5.41) is 21.9. The van der Waals surface area contributed by atoms with Crippen molar-refractivity contribution in [3.8, 4) is 6.07 Å². The maximum Gasteiger partial charge on any atom is 0.234 e. The van der Waals surface area contributed by atoms with Gasteiger partial charge in [0.15, 0.2) is 10.1 Å². The number of aromatic nitrogens is 2. The lowest BCUT2D eigenvalue weighted by atomic mass is 9.75. The summed E-state index contributed by atoms with van der Waals surface area (Å²) < 4.78 is 15.4. The van der Waals surface area contributed by atoms with Gasteiger partial charge in [0.05, 0.1) is 23.3 Å². The Morgan fingerprint density at radius 3 is 2.67 bits per heavy atom. The fourth-order valence-corrected chi connectivity index (χ4v) is 6.67. The van der Waals surface area contributed by atoms with Crippen LogP contribution < -0.4 is 16.0 Å². The van der Waals surface area contributed by atoms with Crippen LogP contribution in [-0.2, 0) is 9.59 Å². The van der Waals surface area contributed by atoms with Gasteiger partial charge in [-0.3, -0.25) is 14.5 Å². The number of carbonyl (C=O) groups excluding carboxylic acids is 2. The molecule has 2 aromatic carbocycles. The van der Waals surface area contributed by atoms with Gasteiger partial charge in [0.2, 0.25) is 11.0 Å². The Kier molecular flexibility index (Phi) is 7.50. The molecule has 1 unspecified atom stereocenters. The number of carbonyl (C=O) groups is 2. The molecule has 1 amide bonds. The Morgan fingerprint density at radius 1 is 1.21 bits per heavy atom. The molecule has 3 aromatic rings. The average molecular weight is 561 g/mol. The number of amides is 1. The number of aryl methyl sites for hydroxylation is 2. The summed E-state index contributed by atoms with van der Waals surface area (Å²) >= 11 is 2.44. The molecule has 2 heterocycles. The highest BCUT2D eigenvalue weighted by Crippen LogP contribution is 2.47. The van der Waals surface area contributed by atoms with Gasteiger partial charge in [-0.05, 0) is 43.9 Å². The first-order valence-corrected chi connectivity index (χ1v) is 14.1. The number of ketones is 1. The van der Waals surface area contributed by atoms with E-state index < -0.39 is 11.7 Å². The van der Waals surface area contributed by atoms with Crippen LogP contribution in [0.4, 0.5) is 15.2 Å². The van der Waals surface area contributed by atoms with E-state index >= 15 is 0 Å². The minimum atomic E-state index is -0.884. The van der Waals surface area contributed by atoms with Crippen molar-refractivity contribution in [3.63, 3.8) is 0 Å². The maximum absolute atomic E-state index is 14.9. The summed E-state index contributed by atoms with van der Waals surface area (Å²) in [5.74, 6) is -1.48. The minimum absolute atomic E-state index is 0.0893. The van der Waals surface area contributed by atoms with E-state index in [4.69, 9.17) is 5.73 Å². The number of nitrogens with two attached hydrogens (primary N) is 1. The third-order valence-corrected chi connectivity index (χ3v) is 8.83. The van der Waals surface area contributed by atoms with Crippen molar-refractivity contribution in [1.29, 1.82) is 5.26 Å². The molecule has 1 aliphatic heterocycles. The van der Waals surface area contributed by atoms with E-state index in [0.29, 0.717) is 40.0 Å². The quantitative estimate of drug-likeness (QED) is 0.388. The van der Waals surface area contributed by atoms with Gasteiger partial charge in [-0.15, -0.1) is 10.2 Å². The zero-order valence-electron chi connectivity index (χ0n) is 21.3. The predicted octanol–water partition coefficient (Wildman–Crippen LogP) is 5.33. The van der Waals surface area contributed by atoms with Crippen LogP contribution in [0.5, 0.6) is 0 Å². The van der Waals surface area contributed by atoms with Crippen molar-refractivity contribution < 1.29 is 14.0 Å². The molecule has 1 aliphatic carbocycles. The first-order chi connectivity index (χ1) is 18.8. The Hall–Kier alpha value is -4.01. The van der Waals surface area contributed by atoms with Gasteiger partial charge in [0, 0.05) is 28.9 Å². The topological polar surface area (TPSA) is 125 Å². The van der Waals surface area contributed by atoms with Crippen molar-refractivity contribution in [2.75, 3.05) is 16.0 Å². The Bertz CT molecular complexity index is 1570. The van der Waals surface area contributed by atoms with E-state index in [1.807, 2.05) is 32.0 Å². The summed E-state index contributed by atoms with van der Waals surface area (Å²) in [6, 6.07) is 14.1. The number of allylic oxidation sites excluding steroid dienone is 3. The third kappa shape index (κ3) is 5.05. The first kappa shape index (κ1) is 26.6. The number of nitrogens with one attached hydrogen (secondary N) is 1. The molecule has 11 heteroatoms. The maximum atomic E-state index is 14.9. The smallest absolute Gasteiger partial charge is 0.234 e. The minimum Gasteiger partial charge on any atom is -0.384 e. The highest BCUT2D eigenvalue weighted by Gasteiger charge is 2.42. The van der Waals surface area contributed by atoms with Crippen LogP contribution >= 0.6 is 23.1 Å². The van der Waals surface area contributed by atoms with E-state index in [1.165, 1.54) is 29.2 Å². The molecule has 1 aromatic heterocycles. The van der Waals surface area contributed by atoms with Gasteiger partial charge >= 0.3 is 0 Å². The summed E-state index contributed by atoms with van der Waals surface area (Å²) in [6.45, 7) is 3.88. The van der Waals surface area contributed by atoms with Gasteiger partial charge < -0.3 is 11.1 Å². The van der Waals surface area contributed by atoms with Crippen LogP contribution in [0.1, 0.15) is 41.9 Å². The number of hydrogen-bond donors (Lipinski definition) is 2. The Balaban J connectivity index is 1.43. The first-order valence-electron chi connectivity index (χ1n) is 12.3. The van der Waals surface area contributed by atoms with Crippen LogP contribution in [0.15, 0.2) is 69.5 Å². The summed E-state index contributed by atoms with van der Waals surface area (Å²) in [7, 11) is 0. The molecule has 2 aliphatic rings. The van der Waals surface area contributed by atoms with E-state index in [2.05, 4.69) is 21.6 Å². The predicted molar refractivity (Wildman–Crippen MR) is 150 cm³/mol. The van der Waals surface area contributed by atoms with Gasteiger partial charge in [-0.2, -0.15) is 5.26 Å². The molecule has 0 saturated carbocycles. The number of hydrogen-bond acceptors (Lipinski definition) is 9. The van der Waals surface area contributed by atoms with E-state index in [-0.39, 0.29) is 34.4 Å². The Morgan fingerprint density at radius 2 is 1.95 bits per heavy atom.